The second kappa shape index (κ2) is 11.5. The van der Waals surface area contributed by atoms with E-state index in [2.05, 4.69) is 28.3 Å². The summed E-state index contributed by atoms with van der Waals surface area (Å²) in [7, 11) is 0. The summed E-state index contributed by atoms with van der Waals surface area (Å²) in [5.74, 6) is 0.829. The first kappa shape index (κ1) is 26.8. The zero-order valence-electron chi connectivity index (χ0n) is 23.2. The van der Waals surface area contributed by atoms with Crippen molar-refractivity contribution in [2.24, 2.45) is 11.1 Å². The third-order valence-electron chi connectivity index (χ3n) is 6.93. The fourth-order valence-corrected chi connectivity index (χ4v) is 5.27. The lowest BCUT2D eigenvalue weighted by molar-refractivity contribution is 0.0530. The Morgan fingerprint density at radius 3 is 2.72 bits per heavy atom. The molecule has 0 fully saturated rings. The minimum atomic E-state index is -0.621. The molecule has 1 aromatic carbocycles. The molecule has 8 heteroatoms. The van der Waals surface area contributed by atoms with E-state index in [9.17, 15) is 4.79 Å². The van der Waals surface area contributed by atoms with E-state index >= 15 is 0 Å². The van der Waals surface area contributed by atoms with E-state index in [-0.39, 0.29) is 12.0 Å². The molecule has 2 aromatic heterocycles. The molecule has 0 N–H and O–H groups in total. The Balaban J connectivity index is 1.51. The molecular weight excluding hydrogens is 490 g/mol. The van der Waals surface area contributed by atoms with Gasteiger partial charge in [0.15, 0.2) is 0 Å². The first-order valence-electron chi connectivity index (χ1n) is 13.8. The lowest BCUT2D eigenvalue weighted by Gasteiger charge is -2.36. The van der Waals surface area contributed by atoms with Crippen molar-refractivity contribution in [3.8, 4) is 0 Å². The fourth-order valence-electron chi connectivity index (χ4n) is 5.27. The monoisotopic (exact) mass is 527 g/mol. The average molecular weight is 528 g/mol. The van der Waals surface area contributed by atoms with Crippen LogP contribution in [0.15, 0.2) is 72.1 Å². The highest BCUT2D eigenvalue weighted by atomic mass is 16.6. The maximum absolute atomic E-state index is 13.4. The minimum absolute atomic E-state index is 0.113. The summed E-state index contributed by atoms with van der Waals surface area (Å²) < 4.78 is 7.45. The van der Waals surface area contributed by atoms with E-state index in [0.717, 1.165) is 48.2 Å². The molecule has 0 radical (unpaired) electrons. The van der Waals surface area contributed by atoms with Gasteiger partial charge in [-0.25, -0.2) is 14.3 Å². The largest absolute Gasteiger partial charge is 0.443 e. The van der Waals surface area contributed by atoms with E-state index in [0.29, 0.717) is 19.0 Å². The van der Waals surface area contributed by atoms with Crippen LogP contribution in [0.4, 0.5) is 4.79 Å². The molecule has 0 spiro atoms. The quantitative estimate of drug-likeness (QED) is 0.339. The molecule has 0 amide bonds. The van der Waals surface area contributed by atoms with E-state index in [1.165, 1.54) is 5.56 Å². The van der Waals surface area contributed by atoms with E-state index in [1.54, 1.807) is 4.57 Å². The summed E-state index contributed by atoms with van der Waals surface area (Å²) in [4.78, 5) is 30.8. The van der Waals surface area contributed by atoms with Crippen molar-refractivity contribution in [1.29, 1.82) is 0 Å². The first-order chi connectivity index (χ1) is 18.8. The van der Waals surface area contributed by atoms with Gasteiger partial charge in [0.25, 0.3) is 0 Å². The number of fused-ring (bicyclic) bond motifs is 2. The van der Waals surface area contributed by atoms with Gasteiger partial charge in [0.1, 0.15) is 23.7 Å². The smallest absolute Gasteiger partial charge is 0.420 e. The normalized spacial score (nSPS) is 18.8. The number of carbonyl (C=O) groups is 1. The van der Waals surface area contributed by atoms with Gasteiger partial charge in [-0.3, -0.25) is 9.88 Å². The van der Waals surface area contributed by atoms with Crippen LogP contribution in [0.3, 0.4) is 0 Å². The molecule has 2 heterocycles. The summed E-state index contributed by atoms with van der Waals surface area (Å²) >= 11 is 0. The van der Waals surface area contributed by atoms with Crippen LogP contribution in [0.5, 0.6) is 0 Å². The number of nitrogens with zero attached hydrogens (tertiary/aromatic N) is 5. The molecule has 2 aliphatic rings. The van der Waals surface area contributed by atoms with Gasteiger partial charge in [0.2, 0.25) is 0 Å². The fraction of sp³-hybridized carbons (Fsp3) is 0.419. The molecule has 1 unspecified atom stereocenters. The number of rotatable bonds is 7. The van der Waals surface area contributed by atoms with E-state index in [1.807, 2.05) is 76.4 Å². The lowest BCUT2D eigenvalue weighted by Crippen LogP contribution is -2.37. The maximum Gasteiger partial charge on any atom is 0.420 e. The Hall–Kier alpha value is -3.78. The third kappa shape index (κ3) is 6.28. The number of hydrogen-bond donors (Lipinski definition) is 0. The van der Waals surface area contributed by atoms with Gasteiger partial charge in [-0.1, -0.05) is 35.5 Å². The Bertz CT molecular complexity index is 1400. The second-order valence-corrected chi connectivity index (χ2v) is 11.0. The number of pyridine rings is 1. The van der Waals surface area contributed by atoms with E-state index in [4.69, 9.17) is 19.5 Å². The Morgan fingerprint density at radius 1 is 1.15 bits per heavy atom. The predicted molar refractivity (Wildman–Crippen MR) is 153 cm³/mol. The molecule has 39 heavy (non-hydrogen) atoms. The van der Waals surface area contributed by atoms with Crippen LogP contribution in [0.1, 0.15) is 63.7 Å². The number of benzene rings is 1. The topological polar surface area (TPSA) is 81.8 Å². The maximum atomic E-state index is 13.4. The highest BCUT2D eigenvalue weighted by Gasteiger charge is 2.31. The van der Waals surface area contributed by atoms with E-state index < -0.39 is 11.7 Å². The molecule has 0 bridgehead atoms. The molecule has 0 saturated carbocycles. The molecule has 0 aliphatic heterocycles. The van der Waals surface area contributed by atoms with Crippen LogP contribution in [-0.2, 0) is 22.5 Å². The number of carbonyl (C=O) groups excluding carboxylic acids is 1. The van der Waals surface area contributed by atoms with Gasteiger partial charge in [-0.15, -0.1) is 0 Å². The van der Waals surface area contributed by atoms with Gasteiger partial charge in [0, 0.05) is 18.7 Å². The number of allylic oxidation sites excluding steroid dienone is 2. The molecular formula is C31H37N5O3. The molecule has 8 nitrogen and oxygen atoms in total. The summed E-state index contributed by atoms with van der Waals surface area (Å²) in [5.41, 5.74) is 4.11. The Morgan fingerprint density at radius 2 is 1.95 bits per heavy atom. The van der Waals surface area contributed by atoms with Gasteiger partial charge >= 0.3 is 6.09 Å². The number of para-hydroxylation sites is 2. The van der Waals surface area contributed by atoms with Gasteiger partial charge in [0.05, 0.1) is 29.3 Å². The summed E-state index contributed by atoms with van der Waals surface area (Å²) in [6, 6.07) is 12.0. The lowest BCUT2D eigenvalue weighted by atomic mass is 9.90. The van der Waals surface area contributed by atoms with Crippen LogP contribution >= 0.6 is 0 Å². The number of imidazole rings is 1. The SMILES string of the molecule is CCON=C1C=CC(CN(Cc2nc3ccccc3n2C(=O)OC(C)(C)C)C2CCCc3cccnc32)C=C1. The first-order valence-corrected chi connectivity index (χ1v) is 13.8. The molecule has 3 aromatic rings. The Labute approximate surface area is 230 Å². The van der Waals surface area contributed by atoms with Gasteiger partial charge in [-0.2, -0.15) is 0 Å². The van der Waals surface area contributed by atoms with Crippen LogP contribution in [0, 0.1) is 5.92 Å². The number of ether oxygens (including phenoxy) is 1. The highest BCUT2D eigenvalue weighted by Crippen LogP contribution is 2.35. The van der Waals surface area contributed by atoms with Crippen LogP contribution in [-0.4, -0.2) is 50.0 Å². The summed E-state index contributed by atoms with van der Waals surface area (Å²) in [5, 5.41) is 4.14. The number of aryl methyl sites for hydroxylation is 1. The van der Waals surface area contributed by atoms with Crippen molar-refractivity contribution in [3.63, 3.8) is 0 Å². The van der Waals surface area contributed by atoms with Crippen molar-refractivity contribution in [2.45, 2.75) is 65.1 Å². The van der Waals surface area contributed by atoms with Crippen LogP contribution in [0.2, 0.25) is 0 Å². The van der Waals surface area contributed by atoms with Crippen LogP contribution < -0.4 is 0 Å². The molecule has 2 aliphatic carbocycles. The summed E-state index contributed by atoms with van der Waals surface area (Å²) in [6.45, 7) is 9.32. The second-order valence-electron chi connectivity index (χ2n) is 11.0. The zero-order chi connectivity index (χ0) is 27.4. The van der Waals surface area contributed by atoms with Gasteiger partial charge < -0.3 is 9.57 Å². The van der Waals surface area contributed by atoms with Crippen molar-refractivity contribution < 1.29 is 14.4 Å². The molecule has 1 atom stereocenters. The third-order valence-corrected chi connectivity index (χ3v) is 6.93. The highest BCUT2D eigenvalue weighted by molar-refractivity contribution is 6.04. The molecule has 0 saturated heterocycles. The molecule has 204 valence electrons. The zero-order valence-corrected chi connectivity index (χ0v) is 23.2. The molecule has 5 rings (SSSR count). The van der Waals surface area contributed by atoms with Crippen molar-refractivity contribution in [2.75, 3.05) is 13.2 Å². The van der Waals surface area contributed by atoms with Crippen LogP contribution in [0.25, 0.3) is 11.0 Å². The number of oxime groups is 1. The van der Waals surface area contributed by atoms with Crippen molar-refractivity contribution >= 4 is 22.8 Å². The van der Waals surface area contributed by atoms with Crippen molar-refractivity contribution in [1.82, 2.24) is 19.4 Å². The van der Waals surface area contributed by atoms with Gasteiger partial charge in [-0.05, 0) is 82.9 Å². The van der Waals surface area contributed by atoms with Crippen molar-refractivity contribution in [3.05, 3.63) is 84.0 Å². The number of hydrogen-bond acceptors (Lipinski definition) is 7. The number of aromatic nitrogens is 3. The average Bonchev–Trinajstić information content (AvgIpc) is 3.29. The minimum Gasteiger partial charge on any atom is -0.443 e. The Kier molecular flexibility index (Phi) is 7.93. The standard InChI is InChI=1S/C31H37N5O3/c1-5-38-34-24-17-15-22(16-18-24)20-35(27-14-8-10-23-11-9-19-32-29(23)27)21-28-33-25-12-6-7-13-26(25)36(28)30(37)39-31(2,3)4/h6-7,9,11-13,15-19,22,27H,5,8,10,14,20-21H2,1-4H3. The predicted octanol–water partition coefficient (Wildman–Crippen LogP) is 6.23. The summed E-state index contributed by atoms with van der Waals surface area (Å²) in [6.07, 6.45) is 12.9.